The van der Waals surface area contributed by atoms with E-state index in [2.05, 4.69) is 4.98 Å². The first-order chi connectivity index (χ1) is 6.73. The minimum Gasteiger partial charge on any atom is -0.228 e. The van der Waals surface area contributed by atoms with Crippen molar-refractivity contribution in [1.82, 2.24) is 4.98 Å². The summed E-state index contributed by atoms with van der Waals surface area (Å²) in [6, 6.07) is 1.08. The molecule has 0 bridgehead atoms. The number of aryl methyl sites for hydroxylation is 1. The van der Waals surface area contributed by atoms with E-state index in [4.69, 9.17) is 10.7 Å². The van der Waals surface area contributed by atoms with Gasteiger partial charge in [0.1, 0.15) is 3.70 Å². The van der Waals surface area contributed by atoms with Crippen molar-refractivity contribution >= 4 is 42.3 Å². The Bertz CT molecular complexity index is 492. The number of hydrogen-bond acceptors (Lipinski definition) is 3. The minimum atomic E-state index is -3.99. The average molecular weight is 368 g/mol. The highest BCUT2D eigenvalue weighted by molar-refractivity contribution is 14.1. The molecule has 0 fully saturated rings. The van der Waals surface area contributed by atoms with Crippen LogP contribution >= 0.6 is 33.3 Å². The van der Waals surface area contributed by atoms with Crippen LogP contribution in [-0.2, 0) is 9.05 Å². The summed E-state index contributed by atoms with van der Waals surface area (Å²) in [5.41, 5.74) is -0.183. The number of alkyl halides is 2. The van der Waals surface area contributed by atoms with Crippen LogP contribution in [0.4, 0.5) is 8.78 Å². The van der Waals surface area contributed by atoms with Gasteiger partial charge < -0.3 is 0 Å². The van der Waals surface area contributed by atoms with Crippen molar-refractivity contribution in [3.63, 3.8) is 0 Å². The van der Waals surface area contributed by atoms with Crippen molar-refractivity contribution in [3.05, 3.63) is 20.9 Å². The molecule has 1 aromatic heterocycles. The first kappa shape index (κ1) is 13.0. The fraction of sp³-hybridized carbons (Fsp3) is 0.286. The van der Waals surface area contributed by atoms with Gasteiger partial charge >= 0.3 is 0 Å². The van der Waals surface area contributed by atoms with Gasteiger partial charge in [-0.3, -0.25) is 0 Å². The van der Waals surface area contributed by atoms with Crippen molar-refractivity contribution in [2.24, 2.45) is 0 Å². The third-order valence-corrected chi connectivity index (χ3v) is 3.79. The molecule has 0 amide bonds. The average Bonchev–Trinajstić information content (AvgIpc) is 2.06. The van der Waals surface area contributed by atoms with Gasteiger partial charge in [0.15, 0.2) is 5.03 Å². The minimum absolute atomic E-state index is 0.0626. The highest BCUT2D eigenvalue weighted by Crippen LogP contribution is 2.27. The fourth-order valence-corrected chi connectivity index (χ4v) is 2.90. The Kier molecular flexibility index (Phi) is 3.88. The van der Waals surface area contributed by atoms with Crippen LogP contribution in [0.2, 0.25) is 0 Å². The third kappa shape index (κ3) is 2.97. The van der Waals surface area contributed by atoms with E-state index in [1.54, 1.807) is 22.6 Å². The van der Waals surface area contributed by atoms with Crippen LogP contribution in [-0.4, -0.2) is 13.4 Å². The molecule has 8 heteroatoms. The molecule has 0 aromatic carbocycles. The maximum absolute atomic E-state index is 12.4. The van der Waals surface area contributed by atoms with Crippen molar-refractivity contribution in [3.8, 4) is 0 Å². The smallest absolute Gasteiger partial charge is 0.228 e. The van der Waals surface area contributed by atoms with E-state index < -0.39 is 15.5 Å². The summed E-state index contributed by atoms with van der Waals surface area (Å²) in [6.07, 6.45) is -2.69. The number of hydrogen-bond donors (Lipinski definition) is 0. The quantitative estimate of drug-likeness (QED) is 0.459. The van der Waals surface area contributed by atoms with Crippen molar-refractivity contribution in [2.45, 2.75) is 18.4 Å². The van der Waals surface area contributed by atoms with Gasteiger partial charge in [0, 0.05) is 10.7 Å². The Balaban J connectivity index is 3.46. The molecule has 0 unspecified atom stereocenters. The van der Waals surface area contributed by atoms with Gasteiger partial charge in [-0.25, -0.2) is 22.2 Å². The third-order valence-electron chi connectivity index (χ3n) is 1.61. The first-order valence-corrected chi connectivity index (χ1v) is 7.02. The van der Waals surface area contributed by atoms with E-state index in [0.29, 0.717) is 0 Å². The van der Waals surface area contributed by atoms with E-state index in [-0.39, 0.29) is 19.9 Å². The highest BCUT2D eigenvalue weighted by Gasteiger charge is 2.21. The summed E-state index contributed by atoms with van der Waals surface area (Å²) in [6.45, 7) is 1.37. The topological polar surface area (TPSA) is 47.0 Å². The molecule has 1 aromatic rings. The van der Waals surface area contributed by atoms with E-state index in [1.807, 2.05) is 0 Å². The first-order valence-electron chi connectivity index (χ1n) is 3.63. The fourth-order valence-electron chi connectivity index (χ4n) is 0.996. The van der Waals surface area contributed by atoms with Crippen LogP contribution in [0.3, 0.4) is 0 Å². The molecule has 3 nitrogen and oxygen atoms in total. The van der Waals surface area contributed by atoms with Gasteiger partial charge in [0.2, 0.25) is 0 Å². The summed E-state index contributed by atoms with van der Waals surface area (Å²) in [5.74, 6) is 0. The van der Waals surface area contributed by atoms with Crippen LogP contribution in [0.1, 0.15) is 17.6 Å². The van der Waals surface area contributed by atoms with Crippen LogP contribution in [0.5, 0.6) is 0 Å². The maximum atomic E-state index is 12.4. The molecular weight excluding hydrogens is 363 g/mol. The lowest BCUT2D eigenvalue weighted by atomic mass is 10.2. The zero-order valence-electron chi connectivity index (χ0n) is 7.34. The second-order valence-corrected chi connectivity index (χ2v) is 6.23. The Labute approximate surface area is 103 Å². The number of rotatable bonds is 2. The van der Waals surface area contributed by atoms with E-state index >= 15 is 0 Å². The molecule has 0 N–H and O–H groups in total. The van der Waals surface area contributed by atoms with Crippen LogP contribution in [0.25, 0.3) is 0 Å². The van der Waals surface area contributed by atoms with Gasteiger partial charge in [-0.15, -0.1) is 0 Å². The lowest BCUT2D eigenvalue weighted by Gasteiger charge is -2.07. The second kappa shape index (κ2) is 4.46. The summed E-state index contributed by atoms with van der Waals surface area (Å²) < 4.78 is 46.8. The zero-order chi connectivity index (χ0) is 11.8. The van der Waals surface area contributed by atoms with E-state index in [9.17, 15) is 17.2 Å². The van der Waals surface area contributed by atoms with Crippen LogP contribution in [0.15, 0.2) is 11.1 Å². The second-order valence-electron chi connectivity index (χ2n) is 2.73. The lowest BCUT2D eigenvalue weighted by molar-refractivity contribution is 0.149. The Morgan fingerprint density at radius 3 is 2.47 bits per heavy atom. The monoisotopic (exact) mass is 367 g/mol. The molecular formula is C7H5ClF2INO2S. The van der Waals surface area contributed by atoms with Crippen LogP contribution < -0.4 is 0 Å². The van der Waals surface area contributed by atoms with Crippen molar-refractivity contribution < 1.29 is 17.2 Å². The predicted octanol–water partition coefficient (Wildman–Crippen LogP) is 2.86. The van der Waals surface area contributed by atoms with Crippen LogP contribution in [0, 0.1) is 10.6 Å². The Morgan fingerprint density at radius 2 is 2.07 bits per heavy atom. The summed E-state index contributed by atoms with van der Waals surface area (Å²) in [5, 5.41) is -0.377. The van der Waals surface area contributed by atoms with Gasteiger partial charge in [0.05, 0.1) is 5.56 Å². The Morgan fingerprint density at radius 1 is 1.53 bits per heavy atom. The van der Waals surface area contributed by atoms with Crippen molar-refractivity contribution in [2.75, 3.05) is 0 Å². The predicted molar refractivity (Wildman–Crippen MR) is 59.7 cm³/mol. The molecule has 0 aliphatic carbocycles. The molecule has 0 saturated carbocycles. The standard InChI is InChI=1S/C7H5ClF2INO2S/c1-3-2-4(5(9)10)6(11)12-7(3)15(8,13)14/h2,5H,1H3. The molecule has 0 spiro atoms. The molecule has 15 heavy (non-hydrogen) atoms. The number of nitrogens with zero attached hydrogens (tertiary/aromatic N) is 1. The Hall–Kier alpha value is -0.0200. The number of pyridine rings is 1. The molecule has 0 aliphatic heterocycles. The lowest BCUT2D eigenvalue weighted by Crippen LogP contribution is -2.04. The van der Waals surface area contributed by atoms with Crippen molar-refractivity contribution in [1.29, 1.82) is 0 Å². The number of aromatic nitrogens is 1. The maximum Gasteiger partial charge on any atom is 0.278 e. The molecule has 0 saturated heterocycles. The summed E-state index contributed by atoms with van der Waals surface area (Å²) in [4.78, 5) is 3.55. The molecule has 1 rings (SSSR count). The summed E-state index contributed by atoms with van der Waals surface area (Å²) in [7, 11) is 1.10. The molecule has 84 valence electrons. The largest absolute Gasteiger partial charge is 0.278 e. The number of halogens is 4. The van der Waals surface area contributed by atoms with Gasteiger partial charge in [-0.2, -0.15) is 0 Å². The molecule has 0 atom stereocenters. The molecule has 1 heterocycles. The zero-order valence-corrected chi connectivity index (χ0v) is 11.1. The van der Waals surface area contributed by atoms with Gasteiger partial charge in [-0.1, -0.05) is 0 Å². The normalized spacial score (nSPS) is 12.1. The highest BCUT2D eigenvalue weighted by atomic mass is 127. The van der Waals surface area contributed by atoms with E-state index in [1.165, 1.54) is 6.92 Å². The van der Waals surface area contributed by atoms with Gasteiger partial charge in [0.25, 0.3) is 15.5 Å². The SMILES string of the molecule is Cc1cc(C(F)F)c(I)nc1S(=O)(=O)Cl. The molecule has 0 aliphatic rings. The molecule has 0 radical (unpaired) electrons. The van der Waals surface area contributed by atoms with E-state index in [0.717, 1.165) is 6.07 Å². The summed E-state index contributed by atoms with van der Waals surface area (Å²) >= 11 is 1.54. The van der Waals surface area contributed by atoms with Gasteiger partial charge in [-0.05, 0) is 41.1 Å².